The van der Waals surface area contributed by atoms with Gasteiger partial charge in [0.15, 0.2) is 0 Å². The fraction of sp³-hybridized carbons (Fsp3) is 0.0435. The van der Waals surface area contributed by atoms with E-state index in [-0.39, 0.29) is 0 Å². The lowest BCUT2D eigenvalue weighted by molar-refractivity contribution is 0.935. The number of rotatable bonds is 5. The van der Waals surface area contributed by atoms with Crippen molar-refractivity contribution in [3.05, 3.63) is 102 Å². The number of halogens is 1. The quantitative estimate of drug-likeness (QED) is 0.353. The first kappa shape index (κ1) is 17.8. The van der Waals surface area contributed by atoms with E-state index in [1.165, 1.54) is 16.7 Å². The number of hydrogen-bond acceptors (Lipinski definition) is 3. The fourth-order valence-electron chi connectivity index (χ4n) is 2.75. The zero-order valence-electron chi connectivity index (χ0n) is 14.5. The lowest BCUT2D eigenvalue weighted by atomic mass is 10.0. The molecule has 0 N–H and O–H groups in total. The summed E-state index contributed by atoms with van der Waals surface area (Å²) in [4.78, 5) is 0. The van der Waals surface area contributed by atoms with Crippen molar-refractivity contribution in [3.63, 3.8) is 0 Å². The summed E-state index contributed by atoms with van der Waals surface area (Å²) < 4.78 is 0. The molecule has 0 spiro atoms. The Morgan fingerprint density at radius 2 is 1.30 bits per heavy atom. The van der Waals surface area contributed by atoms with Gasteiger partial charge in [-0.15, -0.1) is 10.2 Å². The van der Waals surface area contributed by atoms with Gasteiger partial charge in [-0.3, -0.25) is 0 Å². The van der Waals surface area contributed by atoms with Crippen LogP contribution in [-0.4, -0.2) is 10.2 Å². The molecular weight excluding hydrogens is 372 g/mol. The highest BCUT2D eigenvalue weighted by Crippen LogP contribution is 2.25. The summed E-state index contributed by atoms with van der Waals surface area (Å²) in [6.07, 6.45) is 0. The highest BCUT2D eigenvalue weighted by Gasteiger charge is 2.04. The largest absolute Gasteiger partial charge is 0.149 e. The standard InChI is InChI=1S/C23H17ClN2S/c24-21-12-6-17(7-13-21)16-27-23-15-14-22(25-26-23)20-10-8-19(9-11-20)18-4-2-1-3-5-18/h1-15H,16H2. The number of nitrogens with zero attached hydrogens (tertiary/aromatic N) is 2. The smallest absolute Gasteiger partial charge is 0.119 e. The molecule has 3 aromatic carbocycles. The summed E-state index contributed by atoms with van der Waals surface area (Å²) in [7, 11) is 0. The van der Waals surface area contributed by atoms with Crippen molar-refractivity contribution in [2.24, 2.45) is 0 Å². The molecule has 4 rings (SSSR count). The SMILES string of the molecule is Clc1ccc(CSc2ccc(-c3ccc(-c4ccccc4)cc3)nn2)cc1. The molecule has 0 atom stereocenters. The highest BCUT2D eigenvalue weighted by molar-refractivity contribution is 7.98. The summed E-state index contributed by atoms with van der Waals surface area (Å²) in [6, 6.07) is 30.7. The maximum absolute atomic E-state index is 5.92. The summed E-state index contributed by atoms with van der Waals surface area (Å²) in [6.45, 7) is 0. The fourth-order valence-corrected chi connectivity index (χ4v) is 3.65. The Bertz CT molecular complexity index is 999. The molecule has 0 radical (unpaired) electrons. The normalized spacial score (nSPS) is 10.7. The maximum Gasteiger partial charge on any atom is 0.119 e. The summed E-state index contributed by atoms with van der Waals surface area (Å²) >= 11 is 7.59. The number of benzene rings is 3. The van der Waals surface area contributed by atoms with Crippen LogP contribution < -0.4 is 0 Å². The van der Waals surface area contributed by atoms with Crippen LogP contribution in [0.25, 0.3) is 22.4 Å². The second-order valence-corrected chi connectivity index (χ2v) is 7.55. The molecule has 0 fully saturated rings. The highest BCUT2D eigenvalue weighted by atomic mass is 35.5. The Balaban J connectivity index is 1.43. The van der Waals surface area contributed by atoms with E-state index in [9.17, 15) is 0 Å². The first-order chi connectivity index (χ1) is 13.3. The molecule has 0 aliphatic carbocycles. The van der Waals surface area contributed by atoms with Crippen molar-refractivity contribution in [2.75, 3.05) is 0 Å². The van der Waals surface area contributed by atoms with Crippen LogP contribution in [0.4, 0.5) is 0 Å². The van der Waals surface area contributed by atoms with E-state index in [0.717, 1.165) is 27.1 Å². The van der Waals surface area contributed by atoms with Gasteiger partial charge in [0.05, 0.1) is 5.69 Å². The summed E-state index contributed by atoms with van der Waals surface area (Å²) in [5, 5.41) is 10.4. The van der Waals surface area contributed by atoms with E-state index in [1.807, 2.05) is 42.5 Å². The molecule has 0 saturated heterocycles. The van der Waals surface area contributed by atoms with E-state index < -0.39 is 0 Å². The first-order valence-electron chi connectivity index (χ1n) is 8.65. The van der Waals surface area contributed by atoms with E-state index in [4.69, 9.17) is 11.6 Å². The lowest BCUT2D eigenvalue weighted by Crippen LogP contribution is -1.90. The molecule has 4 heteroatoms. The predicted octanol–water partition coefficient (Wildman–Crippen LogP) is 6.76. The van der Waals surface area contributed by atoms with Crippen molar-refractivity contribution in [2.45, 2.75) is 10.8 Å². The molecule has 132 valence electrons. The van der Waals surface area contributed by atoms with Gasteiger partial charge in [-0.1, -0.05) is 90.1 Å². The average molecular weight is 389 g/mol. The van der Waals surface area contributed by atoms with Crippen molar-refractivity contribution < 1.29 is 0 Å². The average Bonchev–Trinajstić information content (AvgIpc) is 2.75. The van der Waals surface area contributed by atoms with Gasteiger partial charge in [-0.2, -0.15) is 0 Å². The van der Waals surface area contributed by atoms with Gasteiger partial charge >= 0.3 is 0 Å². The third-order valence-electron chi connectivity index (χ3n) is 4.23. The second kappa shape index (κ2) is 8.38. The predicted molar refractivity (Wildman–Crippen MR) is 114 cm³/mol. The molecule has 0 aliphatic heterocycles. The van der Waals surface area contributed by atoms with Crippen LogP contribution in [0.1, 0.15) is 5.56 Å². The molecule has 27 heavy (non-hydrogen) atoms. The van der Waals surface area contributed by atoms with Gasteiger partial charge < -0.3 is 0 Å². The number of aromatic nitrogens is 2. The van der Waals surface area contributed by atoms with Crippen LogP contribution >= 0.6 is 23.4 Å². The van der Waals surface area contributed by atoms with Gasteiger partial charge in [-0.25, -0.2) is 0 Å². The third-order valence-corrected chi connectivity index (χ3v) is 5.47. The zero-order valence-corrected chi connectivity index (χ0v) is 16.1. The number of thioether (sulfide) groups is 1. The monoisotopic (exact) mass is 388 g/mol. The third kappa shape index (κ3) is 4.57. The molecule has 2 nitrogen and oxygen atoms in total. The van der Waals surface area contributed by atoms with Crippen molar-refractivity contribution >= 4 is 23.4 Å². The second-order valence-electron chi connectivity index (χ2n) is 6.12. The molecule has 1 aromatic heterocycles. The van der Waals surface area contributed by atoms with Crippen LogP contribution in [0.15, 0.2) is 96.0 Å². The van der Waals surface area contributed by atoms with Crippen LogP contribution in [0, 0.1) is 0 Å². The molecule has 0 bridgehead atoms. The first-order valence-corrected chi connectivity index (χ1v) is 10.0. The van der Waals surface area contributed by atoms with Gasteiger partial charge in [0, 0.05) is 16.3 Å². The number of hydrogen-bond donors (Lipinski definition) is 0. The maximum atomic E-state index is 5.92. The van der Waals surface area contributed by atoms with Crippen LogP contribution in [0.2, 0.25) is 5.02 Å². The van der Waals surface area contributed by atoms with Gasteiger partial charge in [0.25, 0.3) is 0 Å². The Hall–Kier alpha value is -2.62. The van der Waals surface area contributed by atoms with Crippen LogP contribution in [-0.2, 0) is 5.75 Å². The van der Waals surface area contributed by atoms with Gasteiger partial charge in [0.1, 0.15) is 5.03 Å². The van der Waals surface area contributed by atoms with Crippen LogP contribution in [0.5, 0.6) is 0 Å². The molecule has 0 amide bonds. The molecule has 4 aromatic rings. The topological polar surface area (TPSA) is 25.8 Å². The van der Waals surface area contributed by atoms with Crippen LogP contribution in [0.3, 0.4) is 0 Å². The minimum Gasteiger partial charge on any atom is -0.149 e. The lowest BCUT2D eigenvalue weighted by Gasteiger charge is -2.05. The van der Waals surface area contributed by atoms with Crippen molar-refractivity contribution in [3.8, 4) is 22.4 Å². The summed E-state index contributed by atoms with van der Waals surface area (Å²) in [5.74, 6) is 0.844. The van der Waals surface area contributed by atoms with Crippen molar-refractivity contribution in [1.29, 1.82) is 0 Å². The zero-order chi connectivity index (χ0) is 18.5. The van der Waals surface area contributed by atoms with E-state index >= 15 is 0 Å². The molecule has 0 aliphatic rings. The van der Waals surface area contributed by atoms with Gasteiger partial charge in [-0.05, 0) is 41.0 Å². The Labute approximate surface area is 168 Å². The van der Waals surface area contributed by atoms with E-state index in [2.05, 4.69) is 58.7 Å². The van der Waals surface area contributed by atoms with E-state index in [0.29, 0.717) is 0 Å². The molecule has 1 heterocycles. The Morgan fingerprint density at radius 1 is 0.630 bits per heavy atom. The van der Waals surface area contributed by atoms with Crippen molar-refractivity contribution in [1.82, 2.24) is 10.2 Å². The minimum atomic E-state index is 0.756. The molecule has 0 saturated carbocycles. The Kier molecular flexibility index (Phi) is 5.52. The minimum absolute atomic E-state index is 0.756. The molecular formula is C23H17ClN2S. The molecule has 0 unspecified atom stereocenters. The Morgan fingerprint density at radius 3 is 1.96 bits per heavy atom. The summed E-state index contributed by atoms with van der Waals surface area (Å²) in [5.41, 5.74) is 5.57. The van der Waals surface area contributed by atoms with Gasteiger partial charge in [0.2, 0.25) is 0 Å². The van der Waals surface area contributed by atoms with E-state index in [1.54, 1.807) is 11.8 Å².